The van der Waals surface area contributed by atoms with Crippen molar-refractivity contribution < 1.29 is 9.32 Å². The van der Waals surface area contributed by atoms with Crippen LogP contribution in [0.25, 0.3) is 0 Å². The van der Waals surface area contributed by atoms with E-state index in [-0.39, 0.29) is 5.91 Å². The molecule has 0 aliphatic rings. The molecule has 7 nitrogen and oxygen atoms in total. The van der Waals surface area contributed by atoms with E-state index in [1.165, 1.54) is 0 Å². The predicted molar refractivity (Wildman–Crippen MR) is 76.7 cm³/mol. The lowest BCUT2D eigenvalue weighted by Crippen LogP contribution is -2.30. The molecule has 0 aliphatic heterocycles. The van der Waals surface area contributed by atoms with Crippen molar-refractivity contribution in [1.82, 2.24) is 24.8 Å². The molecule has 0 spiro atoms. The fourth-order valence-electron chi connectivity index (χ4n) is 2.13. The van der Waals surface area contributed by atoms with E-state index in [0.29, 0.717) is 36.8 Å². The first kappa shape index (κ1) is 15.2. The van der Waals surface area contributed by atoms with Crippen molar-refractivity contribution in [2.24, 2.45) is 0 Å². The van der Waals surface area contributed by atoms with Crippen molar-refractivity contribution in [3.63, 3.8) is 0 Å². The summed E-state index contributed by atoms with van der Waals surface area (Å²) in [5.41, 5.74) is 1.50. The summed E-state index contributed by atoms with van der Waals surface area (Å²) >= 11 is 0. The summed E-state index contributed by atoms with van der Waals surface area (Å²) in [6.45, 7) is 9.41. The number of hydrogen-bond acceptors (Lipinski definition) is 5. The molecule has 2 rings (SSSR count). The molecule has 0 saturated carbocycles. The first-order valence-electron chi connectivity index (χ1n) is 7.23. The lowest BCUT2D eigenvalue weighted by Gasteiger charge is -2.18. The van der Waals surface area contributed by atoms with Crippen LogP contribution in [0.3, 0.4) is 0 Å². The Kier molecular flexibility index (Phi) is 4.72. The van der Waals surface area contributed by atoms with Crippen LogP contribution in [0.5, 0.6) is 0 Å². The van der Waals surface area contributed by atoms with Crippen LogP contribution in [0, 0.1) is 6.92 Å². The number of aromatic nitrogens is 4. The fourth-order valence-corrected chi connectivity index (χ4v) is 2.13. The Morgan fingerprint density at radius 3 is 2.67 bits per heavy atom. The molecule has 1 amide bonds. The first-order chi connectivity index (χ1) is 10.1. The van der Waals surface area contributed by atoms with Crippen LogP contribution in [-0.4, -0.2) is 37.3 Å². The van der Waals surface area contributed by atoms with Gasteiger partial charge in [0.1, 0.15) is 6.54 Å². The first-order valence-corrected chi connectivity index (χ1v) is 7.23. The highest BCUT2D eigenvalue weighted by Gasteiger charge is 2.21. The van der Waals surface area contributed by atoms with Crippen molar-refractivity contribution in [2.75, 3.05) is 6.54 Å². The van der Waals surface area contributed by atoms with Crippen molar-refractivity contribution >= 4 is 5.91 Å². The summed E-state index contributed by atoms with van der Waals surface area (Å²) in [6, 6.07) is 0. The van der Waals surface area contributed by atoms with Gasteiger partial charge in [0.05, 0.1) is 11.8 Å². The standard InChI is InChI=1S/C14H21N5O2/c1-5-12-16-13(21-17-12)9-18(6-2)14(20)11-8-15-19(7-3)10(11)4/h8H,5-7,9H2,1-4H3. The molecule has 0 N–H and O–H groups in total. The normalized spacial score (nSPS) is 10.9. The van der Waals surface area contributed by atoms with E-state index in [4.69, 9.17) is 4.52 Å². The van der Waals surface area contributed by atoms with Gasteiger partial charge in [0, 0.05) is 25.2 Å². The number of aryl methyl sites for hydroxylation is 2. The molecule has 2 heterocycles. The van der Waals surface area contributed by atoms with Gasteiger partial charge in [0.2, 0.25) is 5.89 Å². The zero-order valence-electron chi connectivity index (χ0n) is 13.0. The number of rotatable bonds is 6. The van der Waals surface area contributed by atoms with E-state index >= 15 is 0 Å². The SMILES string of the molecule is CCc1noc(CN(CC)C(=O)c2cnn(CC)c2C)n1. The van der Waals surface area contributed by atoms with E-state index in [2.05, 4.69) is 15.2 Å². The second-order valence-corrected chi connectivity index (χ2v) is 4.74. The van der Waals surface area contributed by atoms with Gasteiger partial charge < -0.3 is 9.42 Å². The summed E-state index contributed by atoms with van der Waals surface area (Å²) in [4.78, 5) is 18.5. The van der Waals surface area contributed by atoms with Crippen LogP contribution < -0.4 is 0 Å². The Morgan fingerprint density at radius 2 is 2.14 bits per heavy atom. The summed E-state index contributed by atoms with van der Waals surface area (Å²) < 4.78 is 6.96. The molecule has 0 unspecified atom stereocenters. The maximum absolute atomic E-state index is 12.6. The Balaban J connectivity index is 2.16. The summed E-state index contributed by atoms with van der Waals surface area (Å²) in [5, 5.41) is 8.06. The zero-order chi connectivity index (χ0) is 15.4. The number of amides is 1. The van der Waals surface area contributed by atoms with Gasteiger partial charge in [-0.1, -0.05) is 12.1 Å². The van der Waals surface area contributed by atoms with Crippen LogP contribution in [0.1, 0.15) is 48.5 Å². The van der Waals surface area contributed by atoms with Crippen molar-refractivity contribution in [3.05, 3.63) is 29.2 Å². The van der Waals surface area contributed by atoms with Crippen LogP contribution >= 0.6 is 0 Å². The summed E-state index contributed by atoms with van der Waals surface area (Å²) in [6.07, 6.45) is 2.33. The van der Waals surface area contributed by atoms with Gasteiger partial charge in [0.25, 0.3) is 5.91 Å². The minimum atomic E-state index is -0.0639. The summed E-state index contributed by atoms with van der Waals surface area (Å²) in [7, 11) is 0. The van der Waals surface area contributed by atoms with Crippen LogP contribution in [0.2, 0.25) is 0 Å². The molecule has 0 aromatic carbocycles. The Bertz CT molecular complexity index is 617. The highest BCUT2D eigenvalue weighted by molar-refractivity contribution is 5.95. The van der Waals surface area contributed by atoms with Gasteiger partial charge in [-0.3, -0.25) is 9.48 Å². The molecule has 0 fully saturated rings. The Hall–Kier alpha value is -2.18. The van der Waals surface area contributed by atoms with Crippen molar-refractivity contribution in [3.8, 4) is 0 Å². The third-order valence-electron chi connectivity index (χ3n) is 3.45. The molecule has 2 aromatic rings. The molecule has 0 bridgehead atoms. The Morgan fingerprint density at radius 1 is 1.38 bits per heavy atom. The topological polar surface area (TPSA) is 77.0 Å². The molecule has 2 aromatic heterocycles. The molecule has 7 heteroatoms. The Labute approximate surface area is 123 Å². The van der Waals surface area contributed by atoms with Gasteiger partial charge in [-0.25, -0.2) is 0 Å². The van der Waals surface area contributed by atoms with Crippen LogP contribution in [-0.2, 0) is 19.5 Å². The number of carbonyl (C=O) groups excluding carboxylic acids is 1. The number of hydrogen-bond donors (Lipinski definition) is 0. The fraction of sp³-hybridized carbons (Fsp3) is 0.571. The highest BCUT2D eigenvalue weighted by Crippen LogP contribution is 2.13. The average Bonchev–Trinajstić information content (AvgIpc) is 3.10. The lowest BCUT2D eigenvalue weighted by molar-refractivity contribution is 0.0733. The van der Waals surface area contributed by atoms with E-state index in [9.17, 15) is 4.79 Å². The van der Waals surface area contributed by atoms with E-state index in [1.54, 1.807) is 11.1 Å². The molecule has 0 atom stereocenters. The van der Waals surface area contributed by atoms with Crippen molar-refractivity contribution in [2.45, 2.75) is 47.2 Å². The van der Waals surface area contributed by atoms with E-state index in [0.717, 1.165) is 12.2 Å². The van der Waals surface area contributed by atoms with Crippen molar-refractivity contribution in [1.29, 1.82) is 0 Å². The molecule has 0 radical (unpaired) electrons. The third kappa shape index (κ3) is 3.12. The number of nitrogens with zero attached hydrogens (tertiary/aromatic N) is 5. The largest absolute Gasteiger partial charge is 0.337 e. The molecular weight excluding hydrogens is 270 g/mol. The molecule has 0 aliphatic carbocycles. The minimum absolute atomic E-state index is 0.0639. The monoisotopic (exact) mass is 291 g/mol. The molecular formula is C14H21N5O2. The van der Waals surface area contributed by atoms with Crippen LogP contribution in [0.15, 0.2) is 10.7 Å². The highest BCUT2D eigenvalue weighted by atomic mass is 16.5. The van der Waals surface area contributed by atoms with Gasteiger partial charge in [0.15, 0.2) is 5.82 Å². The minimum Gasteiger partial charge on any atom is -0.337 e. The van der Waals surface area contributed by atoms with E-state index in [1.807, 2.05) is 32.4 Å². The second kappa shape index (κ2) is 6.51. The average molecular weight is 291 g/mol. The van der Waals surface area contributed by atoms with Gasteiger partial charge in [-0.05, 0) is 20.8 Å². The van der Waals surface area contributed by atoms with E-state index < -0.39 is 0 Å². The summed E-state index contributed by atoms with van der Waals surface area (Å²) in [5.74, 6) is 1.05. The van der Waals surface area contributed by atoms with Crippen LogP contribution in [0.4, 0.5) is 0 Å². The third-order valence-corrected chi connectivity index (χ3v) is 3.45. The lowest BCUT2D eigenvalue weighted by atomic mass is 10.2. The quantitative estimate of drug-likeness (QED) is 0.811. The number of carbonyl (C=O) groups is 1. The maximum atomic E-state index is 12.6. The molecule has 0 saturated heterocycles. The maximum Gasteiger partial charge on any atom is 0.257 e. The van der Waals surface area contributed by atoms with Gasteiger partial charge >= 0.3 is 0 Å². The molecule has 114 valence electrons. The predicted octanol–water partition coefficient (Wildman–Crippen LogP) is 1.82. The van der Waals surface area contributed by atoms with Gasteiger partial charge in [-0.15, -0.1) is 0 Å². The zero-order valence-corrected chi connectivity index (χ0v) is 13.0. The smallest absolute Gasteiger partial charge is 0.257 e. The molecule has 21 heavy (non-hydrogen) atoms. The second-order valence-electron chi connectivity index (χ2n) is 4.74. The van der Waals surface area contributed by atoms with Gasteiger partial charge in [-0.2, -0.15) is 10.1 Å².